The van der Waals surface area contributed by atoms with Gasteiger partial charge in [-0.1, -0.05) is 42.5 Å². The summed E-state index contributed by atoms with van der Waals surface area (Å²) in [5.74, 6) is 0.294. The molecular weight excluding hydrogens is 354 g/mol. The van der Waals surface area contributed by atoms with Crippen LogP contribution < -0.4 is 15.4 Å². The Hall–Kier alpha value is -3.38. The van der Waals surface area contributed by atoms with Crippen LogP contribution in [0, 0.1) is 0 Å². The highest BCUT2D eigenvalue weighted by Gasteiger charge is 2.12. The summed E-state index contributed by atoms with van der Waals surface area (Å²) in [6, 6.07) is 20.8. The maximum atomic E-state index is 12.4. The number of fused-ring (bicyclic) bond motifs is 1. The third kappa shape index (κ3) is 5.08. The Morgan fingerprint density at radius 3 is 2.36 bits per heavy atom. The molecule has 0 heterocycles. The second-order valence-electron chi connectivity index (χ2n) is 6.53. The van der Waals surface area contributed by atoms with E-state index >= 15 is 0 Å². The van der Waals surface area contributed by atoms with Gasteiger partial charge in [-0.25, -0.2) is 0 Å². The maximum absolute atomic E-state index is 12.4. The lowest BCUT2D eigenvalue weighted by molar-refractivity contribution is -0.119. The Morgan fingerprint density at radius 2 is 1.57 bits per heavy atom. The molecule has 0 aliphatic heterocycles. The summed E-state index contributed by atoms with van der Waals surface area (Å²) in [5, 5.41) is 7.77. The molecule has 2 N–H and O–H groups in total. The quantitative estimate of drug-likeness (QED) is 0.662. The molecule has 6 heteroatoms. The Labute approximate surface area is 164 Å². The molecule has 0 bridgehead atoms. The van der Waals surface area contributed by atoms with Gasteiger partial charge in [0.25, 0.3) is 0 Å². The number of benzene rings is 3. The number of anilines is 2. The molecule has 0 saturated carbocycles. The van der Waals surface area contributed by atoms with Crippen LogP contribution in [0.25, 0.3) is 10.8 Å². The second kappa shape index (κ2) is 9.01. The Balaban J connectivity index is 1.54. The van der Waals surface area contributed by atoms with Gasteiger partial charge in [-0.05, 0) is 30.6 Å². The van der Waals surface area contributed by atoms with Crippen LogP contribution in [0.3, 0.4) is 0 Å². The Bertz CT molecular complexity index is 982. The van der Waals surface area contributed by atoms with Crippen molar-refractivity contribution >= 4 is 34.0 Å². The molecule has 0 spiro atoms. The molecule has 0 atom stereocenters. The zero-order valence-electron chi connectivity index (χ0n) is 15.9. The third-order valence-electron chi connectivity index (χ3n) is 4.24. The van der Waals surface area contributed by atoms with E-state index in [2.05, 4.69) is 10.6 Å². The van der Waals surface area contributed by atoms with Crippen LogP contribution in [-0.4, -0.2) is 44.0 Å². The fourth-order valence-electron chi connectivity index (χ4n) is 2.97. The van der Waals surface area contributed by atoms with E-state index < -0.39 is 0 Å². The molecule has 28 heavy (non-hydrogen) atoms. The van der Waals surface area contributed by atoms with Crippen molar-refractivity contribution in [2.45, 2.75) is 0 Å². The van der Waals surface area contributed by atoms with E-state index in [-0.39, 0.29) is 24.9 Å². The average Bonchev–Trinajstić information content (AvgIpc) is 2.68. The highest BCUT2D eigenvalue weighted by atomic mass is 16.5. The molecule has 0 radical (unpaired) electrons. The highest BCUT2D eigenvalue weighted by Crippen LogP contribution is 2.22. The second-order valence-corrected chi connectivity index (χ2v) is 6.53. The molecule has 0 aromatic heterocycles. The summed E-state index contributed by atoms with van der Waals surface area (Å²) >= 11 is 0. The summed E-state index contributed by atoms with van der Waals surface area (Å²) in [6.07, 6.45) is 0. The lowest BCUT2D eigenvalue weighted by Crippen LogP contribution is -2.36. The molecule has 3 aromatic rings. The number of ether oxygens (including phenoxy) is 1. The van der Waals surface area contributed by atoms with Crippen molar-refractivity contribution in [1.29, 1.82) is 0 Å². The summed E-state index contributed by atoms with van der Waals surface area (Å²) in [6.45, 7) is 0.203. The SMILES string of the molecule is COc1cccc(NC(=O)CN(C)CC(=O)Nc2cccc3ccccc23)c1. The molecule has 0 aliphatic rings. The van der Waals surface area contributed by atoms with E-state index in [1.165, 1.54) is 0 Å². The van der Waals surface area contributed by atoms with Crippen LogP contribution in [0.5, 0.6) is 5.75 Å². The number of hydrogen-bond acceptors (Lipinski definition) is 4. The van der Waals surface area contributed by atoms with E-state index in [9.17, 15) is 9.59 Å². The molecular formula is C22H23N3O3. The summed E-state index contributed by atoms with van der Waals surface area (Å²) in [7, 11) is 3.30. The van der Waals surface area contributed by atoms with Crippen LogP contribution in [0.15, 0.2) is 66.7 Å². The van der Waals surface area contributed by atoms with Gasteiger partial charge < -0.3 is 15.4 Å². The minimum Gasteiger partial charge on any atom is -0.497 e. The minimum atomic E-state index is -0.200. The molecule has 3 aromatic carbocycles. The normalized spacial score (nSPS) is 10.7. The van der Waals surface area contributed by atoms with Crippen LogP contribution >= 0.6 is 0 Å². The standard InChI is InChI=1S/C22H23N3O3/c1-25(14-21(26)23-17-9-6-10-18(13-17)28-2)15-22(27)24-20-12-5-8-16-7-3-4-11-19(16)20/h3-13H,14-15H2,1-2H3,(H,23,26)(H,24,27). The largest absolute Gasteiger partial charge is 0.497 e. The van der Waals surface area contributed by atoms with Crippen molar-refractivity contribution in [2.24, 2.45) is 0 Å². The van der Waals surface area contributed by atoms with Gasteiger partial charge >= 0.3 is 0 Å². The smallest absolute Gasteiger partial charge is 0.238 e. The van der Waals surface area contributed by atoms with Crippen molar-refractivity contribution in [1.82, 2.24) is 4.90 Å². The number of carbonyl (C=O) groups excluding carboxylic acids is 2. The highest BCUT2D eigenvalue weighted by molar-refractivity contribution is 6.02. The molecule has 2 amide bonds. The van der Waals surface area contributed by atoms with Gasteiger partial charge in [0.05, 0.1) is 20.2 Å². The van der Waals surface area contributed by atoms with Crippen LogP contribution in [0.4, 0.5) is 11.4 Å². The fourth-order valence-corrected chi connectivity index (χ4v) is 2.97. The van der Waals surface area contributed by atoms with Gasteiger partial charge in [-0.2, -0.15) is 0 Å². The first-order valence-electron chi connectivity index (χ1n) is 8.95. The number of carbonyl (C=O) groups is 2. The van der Waals surface area contributed by atoms with E-state index in [4.69, 9.17) is 4.74 Å². The predicted molar refractivity (Wildman–Crippen MR) is 112 cm³/mol. The Kier molecular flexibility index (Phi) is 6.24. The fraction of sp³-hybridized carbons (Fsp3) is 0.182. The lowest BCUT2D eigenvalue weighted by atomic mass is 10.1. The number of methoxy groups -OCH3 is 1. The lowest BCUT2D eigenvalue weighted by Gasteiger charge is -2.16. The molecule has 0 aliphatic carbocycles. The van der Waals surface area contributed by atoms with Crippen molar-refractivity contribution < 1.29 is 14.3 Å². The number of nitrogens with zero attached hydrogens (tertiary/aromatic N) is 1. The van der Waals surface area contributed by atoms with Crippen molar-refractivity contribution in [3.63, 3.8) is 0 Å². The van der Waals surface area contributed by atoms with Crippen LogP contribution in [0.2, 0.25) is 0 Å². The van der Waals surface area contributed by atoms with E-state index in [0.717, 1.165) is 16.5 Å². The number of rotatable bonds is 7. The first kappa shape index (κ1) is 19.4. The van der Waals surface area contributed by atoms with Gasteiger partial charge in [0.15, 0.2) is 0 Å². The zero-order valence-corrected chi connectivity index (χ0v) is 15.9. The molecule has 6 nitrogen and oxygen atoms in total. The molecule has 0 unspecified atom stereocenters. The predicted octanol–water partition coefficient (Wildman–Crippen LogP) is 3.36. The van der Waals surface area contributed by atoms with Crippen molar-refractivity contribution in [2.75, 3.05) is 37.9 Å². The topological polar surface area (TPSA) is 70.7 Å². The molecule has 0 saturated heterocycles. The average molecular weight is 377 g/mol. The van der Waals surface area contributed by atoms with Gasteiger partial charge in [0.1, 0.15) is 5.75 Å². The summed E-state index contributed by atoms with van der Waals surface area (Å²) < 4.78 is 5.14. The maximum Gasteiger partial charge on any atom is 0.238 e. The van der Waals surface area contributed by atoms with E-state index in [1.54, 1.807) is 43.3 Å². The van der Waals surface area contributed by atoms with Gasteiger partial charge in [0.2, 0.25) is 11.8 Å². The number of likely N-dealkylation sites (N-methyl/N-ethyl adjacent to an activating group) is 1. The van der Waals surface area contributed by atoms with Crippen LogP contribution in [-0.2, 0) is 9.59 Å². The minimum absolute atomic E-state index is 0.0974. The first-order chi connectivity index (χ1) is 13.5. The van der Waals surface area contributed by atoms with Crippen molar-refractivity contribution in [3.8, 4) is 5.75 Å². The van der Waals surface area contributed by atoms with Gasteiger partial charge in [-0.15, -0.1) is 0 Å². The van der Waals surface area contributed by atoms with E-state index in [1.807, 2.05) is 42.5 Å². The summed E-state index contributed by atoms with van der Waals surface area (Å²) in [5.41, 5.74) is 1.41. The van der Waals surface area contributed by atoms with Gasteiger partial charge in [-0.3, -0.25) is 14.5 Å². The zero-order chi connectivity index (χ0) is 19.9. The molecule has 3 rings (SSSR count). The third-order valence-corrected chi connectivity index (χ3v) is 4.24. The van der Waals surface area contributed by atoms with Crippen LogP contribution in [0.1, 0.15) is 0 Å². The monoisotopic (exact) mass is 377 g/mol. The van der Waals surface area contributed by atoms with Crippen molar-refractivity contribution in [3.05, 3.63) is 66.7 Å². The Morgan fingerprint density at radius 1 is 0.893 bits per heavy atom. The molecule has 0 fully saturated rings. The van der Waals surface area contributed by atoms with Gasteiger partial charge in [0, 0.05) is 22.8 Å². The number of amides is 2. The number of nitrogens with one attached hydrogen (secondary N) is 2. The molecule has 144 valence electrons. The number of hydrogen-bond donors (Lipinski definition) is 2. The first-order valence-corrected chi connectivity index (χ1v) is 8.95. The van der Waals surface area contributed by atoms with E-state index in [0.29, 0.717) is 11.4 Å². The summed E-state index contributed by atoms with van der Waals surface area (Å²) in [4.78, 5) is 26.3.